The topological polar surface area (TPSA) is 94.7 Å². The predicted octanol–water partition coefficient (Wildman–Crippen LogP) is -2.21. The molecule has 0 unspecified atom stereocenters. The molecule has 34 valence electrons. The summed E-state index contributed by atoms with van der Waals surface area (Å²) >= 11 is -3.11. The SMILES string of the molecule is O.O=S([O-])[O-].[Ba+2]. The Kier molecular flexibility index (Phi) is 25.5. The van der Waals surface area contributed by atoms with Crippen molar-refractivity contribution in [1.29, 1.82) is 0 Å². The average Bonchev–Trinajstić information content (AvgIpc) is 0.811. The molecule has 0 spiro atoms. The molecule has 0 radical (unpaired) electrons. The van der Waals surface area contributed by atoms with E-state index in [4.69, 9.17) is 13.3 Å². The largest absolute Gasteiger partial charge is 2.00 e. The molecule has 2 N–H and O–H groups in total. The third-order valence-electron chi connectivity index (χ3n) is 0. The smallest absolute Gasteiger partial charge is 0.784 e. The van der Waals surface area contributed by atoms with Gasteiger partial charge in [0.15, 0.2) is 0 Å². The summed E-state index contributed by atoms with van der Waals surface area (Å²) in [5, 5.41) is 0. The fourth-order valence-electron chi connectivity index (χ4n) is 0. The summed E-state index contributed by atoms with van der Waals surface area (Å²) in [4.78, 5) is 0. The first kappa shape index (κ1) is 15.6. The van der Waals surface area contributed by atoms with Crippen LogP contribution in [0.4, 0.5) is 0 Å². The zero-order valence-electron chi connectivity index (χ0n) is 2.84. The van der Waals surface area contributed by atoms with Crippen LogP contribution < -0.4 is 0 Å². The fraction of sp³-hybridized carbons (Fsp3) is 0. The van der Waals surface area contributed by atoms with Crippen LogP contribution in [0.1, 0.15) is 0 Å². The monoisotopic (exact) mass is 236 g/mol. The van der Waals surface area contributed by atoms with E-state index in [-0.39, 0.29) is 54.4 Å². The Bertz CT molecular complexity index is 30.5. The van der Waals surface area contributed by atoms with Crippen LogP contribution in [0, 0.1) is 0 Å². The third kappa shape index (κ3) is 46.2. The van der Waals surface area contributed by atoms with Crippen LogP contribution >= 0.6 is 0 Å². The quantitative estimate of drug-likeness (QED) is 0.352. The minimum absolute atomic E-state index is 0. The maximum absolute atomic E-state index is 8.44. The molecule has 0 atom stereocenters. The van der Waals surface area contributed by atoms with Gasteiger partial charge in [0.25, 0.3) is 0 Å². The van der Waals surface area contributed by atoms with Crippen LogP contribution in [-0.2, 0) is 11.4 Å². The first-order valence-electron chi connectivity index (χ1n) is 0.500. The molecule has 0 saturated heterocycles. The van der Waals surface area contributed by atoms with Gasteiger partial charge in [0.1, 0.15) is 0 Å². The van der Waals surface area contributed by atoms with Crippen LogP contribution in [0.5, 0.6) is 0 Å². The van der Waals surface area contributed by atoms with Gasteiger partial charge in [0.05, 0.1) is 0 Å². The minimum Gasteiger partial charge on any atom is -0.784 e. The molecule has 0 aromatic rings. The molecule has 0 rings (SSSR count). The van der Waals surface area contributed by atoms with Crippen molar-refractivity contribution in [2.45, 2.75) is 0 Å². The van der Waals surface area contributed by atoms with Crippen molar-refractivity contribution in [3.05, 3.63) is 0 Å². The summed E-state index contributed by atoms with van der Waals surface area (Å²) in [6.45, 7) is 0. The normalized spacial score (nSPS) is 5.83. The van der Waals surface area contributed by atoms with Crippen LogP contribution in [0.2, 0.25) is 0 Å². The Labute approximate surface area is 77.8 Å². The van der Waals surface area contributed by atoms with Crippen LogP contribution in [0.25, 0.3) is 0 Å². The molecule has 0 aliphatic carbocycles. The summed E-state index contributed by atoms with van der Waals surface area (Å²) in [5.41, 5.74) is 0. The van der Waals surface area contributed by atoms with Crippen LogP contribution in [0.3, 0.4) is 0 Å². The van der Waals surface area contributed by atoms with E-state index in [0.717, 1.165) is 0 Å². The zero-order valence-corrected chi connectivity index (χ0v) is 8.10. The van der Waals surface area contributed by atoms with Gasteiger partial charge in [-0.25, -0.2) is 0 Å². The summed E-state index contributed by atoms with van der Waals surface area (Å²) in [6.07, 6.45) is 0. The standard InChI is InChI=1S/Ba.H2O3S.H2O/c;1-4(2)3;/h;(H2,1,2,3);1H2/q+2;;/p-2. The van der Waals surface area contributed by atoms with Crippen molar-refractivity contribution < 1.29 is 18.8 Å². The average molecular weight is 235 g/mol. The molecule has 0 aliphatic heterocycles. The molecule has 0 heterocycles. The molecule has 0 aromatic heterocycles. The first-order valence-corrected chi connectivity index (χ1v) is 1.50. The molecule has 0 aliphatic rings. The van der Waals surface area contributed by atoms with E-state index in [1.165, 1.54) is 0 Å². The van der Waals surface area contributed by atoms with E-state index in [1.807, 2.05) is 0 Å². The molecular weight excluding hydrogens is 233 g/mol. The molecule has 6 heavy (non-hydrogen) atoms. The minimum atomic E-state index is -3.11. The second-order valence-electron chi connectivity index (χ2n) is 0.204. The second kappa shape index (κ2) is 9.78. The van der Waals surface area contributed by atoms with E-state index >= 15 is 0 Å². The Morgan fingerprint density at radius 3 is 1.33 bits per heavy atom. The van der Waals surface area contributed by atoms with E-state index in [0.29, 0.717) is 0 Å². The van der Waals surface area contributed by atoms with E-state index in [1.54, 1.807) is 0 Å². The van der Waals surface area contributed by atoms with Gasteiger partial charge >= 0.3 is 48.9 Å². The summed E-state index contributed by atoms with van der Waals surface area (Å²) in [5.74, 6) is 0. The van der Waals surface area contributed by atoms with Crippen molar-refractivity contribution in [3.8, 4) is 0 Å². The van der Waals surface area contributed by atoms with Crippen molar-refractivity contribution in [2.24, 2.45) is 0 Å². The van der Waals surface area contributed by atoms with Crippen molar-refractivity contribution >= 4 is 60.2 Å². The molecule has 0 saturated carbocycles. The van der Waals surface area contributed by atoms with Crippen molar-refractivity contribution in [2.75, 3.05) is 0 Å². The molecule has 4 nitrogen and oxygen atoms in total. The van der Waals surface area contributed by atoms with Gasteiger partial charge in [0, 0.05) is 0 Å². The Balaban J connectivity index is -0.0000000450. The number of rotatable bonds is 0. The molecular formula is H2BaO4S. The molecule has 6 heteroatoms. The van der Waals surface area contributed by atoms with Crippen molar-refractivity contribution in [1.82, 2.24) is 0 Å². The van der Waals surface area contributed by atoms with Gasteiger partial charge in [-0.15, -0.1) is 11.4 Å². The maximum atomic E-state index is 8.44. The molecule has 0 fully saturated rings. The Morgan fingerprint density at radius 1 is 1.33 bits per heavy atom. The summed E-state index contributed by atoms with van der Waals surface area (Å²) in [6, 6.07) is 0. The van der Waals surface area contributed by atoms with Crippen molar-refractivity contribution in [3.63, 3.8) is 0 Å². The molecule has 0 amide bonds. The third-order valence-corrected chi connectivity index (χ3v) is 0. The van der Waals surface area contributed by atoms with Gasteiger partial charge in [-0.2, -0.15) is 0 Å². The van der Waals surface area contributed by atoms with Gasteiger partial charge in [0.2, 0.25) is 0 Å². The zero-order chi connectivity index (χ0) is 3.58. The molecule has 0 bridgehead atoms. The number of hydrogen-bond donors (Lipinski definition) is 0. The predicted molar refractivity (Wildman–Crippen MR) is 19.1 cm³/mol. The van der Waals surface area contributed by atoms with Gasteiger partial charge in [-0.3, -0.25) is 4.21 Å². The van der Waals surface area contributed by atoms with Gasteiger partial charge in [-0.1, -0.05) is 0 Å². The van der Waals surface area contributed by atoms with Crippen LogP contribution in [-0.4, -0.2) is 67.7 Å². The fourth-order valence-corrected chi connectivity index (χ4v) is 0. The number of hydrogen-bond acceptors (Lipinski definition) is 3. The second-order valence-corrected chi connectivity index (χ2v) is 0.612. The van der Waals surface area contributed by atoms with E-state index in [9.17, 15) is 0 Å². The van der Waals surface area contributed by atoms with E-state index in [2.05, 4.69) is 0 Å². The Hall–Kier alpha value is 1.60. The first-order chi connectivity index (χ1) is 1.73. The van der Waals surface area contributed by atoms with E-state index < -0.39 is 11.4 Å². The Morgan fingerprint density at radius 2 is 1.33 bits per heavy atom. The van der Waals surface area contributed by atoms with Gasteiger partial charge < -0.3 is 14.6 Å². The molecule has 0 aromatic carbocycles. The summed E-state index contributed by atoms with van der Waals surface area (Å²) in [7, 11) is 0. The van der Waals surface area contributed by atoms with Gasteiger partial charge in [-0.05, 0) is 0 Å². The summed E-state index contributed by atoms with van der Waals surface area (Å²) < 4.78 is 25.3. The van der Waals surface area contributed by atoms with Crippen LogP contribution in [0.15, 0.2) is 0 Å². The maximum Gasteiger partial charge on any atom is 2.00 e.